The SMILES string of the molecule is Cc1cccc(C)c1N(CCCCCCc1cccnc1)C(=O)CC(C)N. The molecule has 1 amide bonds. The first-order valence-electron chi connectivity index (χ1n) is 10.00. The van der Waals surface area contributed by atoms with Crippen molar-refractivity contribution in [2.75, 3.05) is 11.4 Å². The predicted octanol–water partition coefficient (Wildman–Crippen LogP) is 4.57. The van der Waals surface area contributed by atoms with Crippen LogP contribution in [0.4, 0.5) is 5.69 Å². The van der Waals surface area contributed by atoms with E-state index in [-0.39, 0.29) is 11.9 Å². The second-order valence-electron chi connectivity index (χ2n) is 7.49. The van der Waals surface area contributed by atoms with Gasteiger partial charge in [-0.05, 0) is 62.8 Å². The highest BCUT2D eigenvalue weighted by molar-refractivity contribution is 5.95. The molecular formula is C23H33N3O. The highest BCUT2D eigenvalue weighted by atomic mass is 16.2. The molecule has 0 fully saturated rings. The number of unbranched alkanes of at least 4 members (excludes halogenated alkanes) is 3. The van der Waals surface area contributed by atoms with Gasteiger partial charge in [0, 0.05) is 37.1 Å². The fourth-order valence-electron chi connectivity index (χ4n) is 3.48. The summed E-state index contributed by atoms with van der Waals surface area (Å²) in [6.45, 7) is 6.79. The average molecular weight is 368 g/mol. The van der Waals surface area contributed by atoms with Crippen LogP contribution in [0.2, 0.25) is 0 Å². The molecule has 0 spiro atoms. The molecule has 0 saturated carbocycles. The Labute approximate surface area is 163 Å². The number of carbonyl (C=O) groups excluding carboxylic acids is 1. The Morgan fingerprint density at radius 1 is 1.07 bits per heavy atom. The fraction of sp³-hybridized carbons (Fsp3) is 0.478. The number of pyridine rings is 1. The Morgan fingerprint density at radius 3 is 2.41 bits per heavy atom. The number of nitrogens with zero attached hydrogens (tertiary/aromatic N) is 2. The number of benzene rings is 1. The smallest absolute Gasteiger partial charge is 0.228 e. The van der Waals surface area contributed by atoms with Crippen LogP contribution in [0.5, 0.6) is 0 Å². The van der Waals surface area contributed by atoms with Gasteiger partial charge in [-0.1, -0.05) is 37.1 Å². The van der Waals surface area contributed by atoms with Crippen molar-refractivity contribution in [2.24, 2.45) is 5.73 Å². The van der Waals surface area contributed by atoms with Crippen molar-refractivity contribution in [1.82, 2.24) is 4.98 Å². The van der Waals surface area contributed by atoms with Gasteiger partial charge in [-0.3, -0.25) is 9.78 Å². The number of carbonyl (C=O) groups is 1. The quantitative estimate of drug-likeness (QED) is 0.626. The Morgan fingerprint density at radius 2 is 1.78 bits per heavy atom. The second kappa shape index (κ2) is 10.8. The standard InChI is InChI=1S/C23H33N3O/c1-18-10-8-11-19(2)23(18)26(22(27)16-20(3)24)15-7-5-4-6-12-21-13-9-14-25-17-21/h8-11,13-14,17,20H,4-7,12,15-16,24H2,1-3H3. The molecule has 1 heterocycles. The molecule has 1 unspecified atom stereocenters. The van der Waals surface area contributed by atoms with Crippen molar-refractivity contribution in [3.8, 4) is 0 Å². The van der Waals surface area contributed by atoms with Gasteiger partial charge in [-0.2, -0.15) is 0 Å². The summed E-state index contributed by atoms with van der Waals surface area (Å²) >= 11 is 0. The van der Waals surface area contributed by atoms with Crippen molar-refractivity contribution in [2.45, 2.75) is 65.3 Å². The van der Waals surface area contributed by atoms with E-state index in [1.807, 2.05) is 36.4 Å². The third-order valence-electron chi connectivity index (χ3n) is 4.83. The van der Waals surface area contributed by atoms with Crippen LogP contribution in [0.25, 0.3) is 0 Å². The van der Waals surface area contributed by atoms with E-state index >= 15 is 0 Å². The van der Waals surface area contributed by atoms with Gasteiger partial charge in [0.1, 0.15) is 0 Å². The Kier molecular flexibility index (Phi) is 8.46. The van der Waals surface area contributed by atoms with Crippen LogP contribution in [0, 0.1) is 13.8 Å². The molecule has 27 heavy (non-hydrogen) atoms. The van der Waals surface area contributed by atoms with Gasteiger partial charge in [0.15, 0.2) is 0 Å². The van der Waals surface area contributed by atoms with Gasteiger partial charge >= 0.3 is 0 Å². The molecule has 2 aromatic rings. The van der Waals surface area contributed by atoms with Gasteiger partial charge < -0.3 is 10.6 Å². The summed E-state index contributed by atoms with van der Waals surface area (Å²) in [4.78, 5) is 18.9. The van der Waals surface area contributed by atoms with E-state index in [2.05, 4.69) is 37.0 Å². The highest BCUT2D eigenvalue weighted by Gasteiger charge is 2.19. The lowest BCUT2D eigenvalue weighted by atomic mass is 10.0. The number of amides is 1. The first-order valence-corrected chi connectivity index (χ1v) is 10.00. The van der Waals surface area contributed by atoms with E-state index in [4.69, 9.17) is 5.73 Å². The van der Waals surface area contributed by atoms with Gasteiger partial charge in [-0.25, -0.2) is 0 Å². The van der Waals surface area contributed by atoms with Crippen LogP contribution in [0.1, 0.15) is 55.7 Å². The number of hydrogen-bond donors (Lipinski definition) is 1. The Bertz CT molecular complexity index is 693. The molecule has 1 atom stereocenters. The number of para-hydroxylation sites is 1. The van der Waals surface area contributed by atoms with Crippen LogP contribution in [-0.4, -0.2) is 23.5 Å². The summed E-state index contributed by atoms with van der Waals surface area (Å²) in [5.74, 6) is 0.123. The number of aryl methyl sites for hydroxylation is 3. The third-order valence-corrected chi connectivity index (χ3v) is 4.83. The number of anilines is 1. The lowest BCUT2D eigenvalue weighted by Crippen LogP contribution is -2.36. The maximum atomic E-state index is 12.8. The van der Waals surface area contributed by atoms with Crippen LogP contribution in [0.3, 0.4) is 0 Å². The number of nitrogens with two attached hydrogens (primary N) is 1. The maximum Gasteiger partial charge on any atom is 0.228 e. The first kappa shape index (κ1) is 21.1. The highest BCUT2D eigenvalue weighted by Crippen LogP contribution is 2.26. The molecule has 2 N–H and O–H groups in total. The lowest BCUT2D eigenvalue weighted by Gasteiger charge is -2.27. The minimum absolute atomic E-state index is 0.121. The monoisotopic (exact) mass is 367 g/mol. The van der Waals surface area contributed by atoms with Crippen molar-refractivity contribution in [3.05, 3.63) is 59.4 Å². The van der Waals surface area contributed by atoms with E-state index in [1.54, 1.807) is 0 Å². The average Bonchev–Trinajstić information content (AvgIpc) is 2.63. The van der Waals surface area contributed by atoms with Gasteiger partial charge in [0.25, 0.3) is 0 Å². The molecule has 4 heteroatoms. The zero-order valence-corrected chi connectivity index (χ0v) is 16.9. The van der Waals surface area contributed by atoms with Crippen molar-refractivity contribution in [3.63, 3.8) is 0 Å². The molecule has 146 valence electrons. The van der Waals surface area contributed by atoms with Gasteiger partial charge in [0.2, 0.25) is 5.91 Å². The molecule has 0 saturated heterocycles. The Hall–Kier alpha value is -2.20. The molecule has 0 aliphatic rings. The second-order valence-corrected chi connectivity index (χ2v) is 7.49. The lowest BCUT2D eigenvalue weighted by molar-refractivity contribution is -0.118. The molecule has 1 aromatic heterocycles. The van der Waals surface area contributed by atoms with Crippen molar-refractivity contribution >= 4 is 11.6 Å². The van der Waals surface area contributed by atoms with Gasteiger partial charge in [-0.15, -0.1) is 0 Å². The topological polar surface area (TPSA) is 59.2 Å². The molecule has 1 aromatic carbocycles. The minimum atomic E-state index is -0.121. The molecule has 4 nitrogen and oxygen atoms in total. The summed E-state index contributed by atoms with van der Waals surface area (Å²) in [6.07, 6.45) is 9.64. The molecule has 0 radical (unpaired) electrons. The zero-order chi connectivity index (χ0) is 19.6. The number of hydrogen-bond acceptors (Lipinski definition) is 3. The van der Waals surface area contributed by atoms with Gasteiger partial charge in [0.05, 0.1) is 0 Å². The normalized spacial score (nSPS) is 12.0. The molecule has 0 bridgehead atoms. The number of rotatable bonds is 10. The first-order chi connectivity index (χ1) is 13.0. The van der Waals surface area contributed by atoms with Crippen LogP contribution < -0.4 is 10.6 Å². The fourth-order valence-corrected chi connectivity index (χ4v) is 3.48. The molecule has 2 rings (SSSR count). The maximum absolute atomic E-state index is 12.8. The van der Waals surface area contributed by atoms with E-state index in [0.717, 1.165) is 55.5 Å². The summed E-state index contributed by atoms with van der Waals surface area (Å²) in [6, 6.07) is 10.2. The van der Waals surface area contributed by atoms with Crippen LogP contribution in [0.15, 0.2) is 42.7 Å². The van der Waals surface area contributed by atoms with Crippen molar-refractivity contribution in [1.29, 1.82) is 0 Å². The Balaban J connectivity index is 1.89. The molecule has 0 aliphatic carbocycles. The summed E-state index contributed by atoms with van der Waals surface area (Å²) in [5, 5.41) is 0. The summed E-state index contributed by atoms with van der Waals surface area (Å²) in [5.41, 5.74) is 10.5. The van der Waals surface area contributed by atoms with Crippen LogP contribution >= 0.6 is 0 Å². The van der Waals surface area contributed by atoms with E-state index in [1.165, 1.54) is 5.56 Å². The van der Waals surface area contributed by atoms with Crippen molar-refractivity contribution < 1.29 is 4.79 Å². The van der Waals surface area contributed by atoms with E-state index in [0.29, 0.717) is 6.42 Å². The summed E-state index contributed by atoms with van der Waals surface area (Å²) in [7, 11) is 0. The largest absolute Gasteiger partial charge is 0.327 e. The minimum Gasteiger partial charge on any atom is -0.327 e. The van der Waals surface area contributed by atoms with E-state index in [9.17, 15) is 4.79 Å². The van der Waals surface area contributed by atoms with Crippen LogP contribution in [-0.2, 0) is 11.2 Å². The summed E-state index contributed by atoms with van der Waals surface area (Å²) < 4.78 is 0. The molecular weight excluding hydrogens is 334 g/mol. The van der Waals surface area contributed by atoms with E-state index < -0.39 is 0 Å². The zero-order valence-electron chi connectivity index (χ0n) is 16.9. The molecule has 0 aliphatic heterocycles. The third kappa shape index (κ3) is 6.79. The number of aromatic nitrogens is 1. The predicted molar refractivity (Wildman–Crippen MR) is 113 cm³/mol.